The molecule has 1 atom stereocenters. The third-order valence-electron chi connectivity index (χ3n) is 3.72. The number of nitrogens with one attached hydrogen (secondary N) is 1. The molecule has 4 nitrogen and oxygen atoms in total. The summed E-state index contributed by atoms with van der Waals surface area (Å²) in [7, 11) is 1.63. The Hall–Kier alpha value is -2.22. The summed E-state index contributed by atoms with van der Waals surface area (Å²) in [6.45, 7) is 11.6. The molecule has 0 spiro atoms. The molecule has 0 fully saturated rings. The van der Waals surface area contributed by atoms with E-state index in [2.05, 4.69) is 18.2 Å². The van der Waals surface area contributed by atoms with Crippen LogP contribution in [0.2, 0.25) is 10.0 Å². The van der Waals surface area contributed by atoms with Gasteiger partial charge in [0.1, 0.15) is 5.54 Å². The molecule has 0 saturated carbocycles. The Morgan fingerprint density at radius 3 is 2.00 bits per heavy atom. The van der Waals surface area contributed by atoms with Crippen LogP contribution in [0.3, 0.4) is 0 Å². The van der Waals surface area contributed by atoms with E-state index in [4.69, 9.17) is 23.2 Å². The smallest absolute Gasteiger partial charge is 0.252 e. The summed E-state index contributed by atoms with van der Waals surface area (Å²) in [6.07, 6.45) is 12.9. The number of likely N-dealkylation sites (N-methyl/N-ethyl adjacent to an activating group) is 1. The number of anilines is 1. The van der Waals surface area contributed by atoms with Gasteiger partial charge >= 0.3 is 0 Å². The van der Waals surface area contributed by atoms with Crippen LogP contribution in [-0.4, -0.2) is 24.9 Å². The van der Waals surface area contributed by atoms with Crippen LogP contribution in [0.1, 0.15) is 48.0 Å². The minimum absolute atomic E-state index is 0.261. The molecule has 1 aromatic carbocycles. The number of amides is 2. The molecule has 0 aromatic heterocycles. The quantitative estimate of drug-likeness (QED) is 0.320. The standard InChI is InChI=1S/C19H24Cl2N2O2.C2H6.C2H2/c1-13(2)6-7-14(3)11-19(4,22-12-24)18(25)23(5)17-9-15(20)8-16(21)10-17;2*1-2/h6-10,12H,11H2,1-5H3,(H,22,24);1-2H3;1-2H/b14-7+;;. The summed E-state index contributed by atoms with van der Waals surface area (Å²) < 4.78 is 0. The third kappa shape index (κ3) is 10.2. The Morgan fingerprint density at radius 1 is 1.10 bits per heavy atom. The van der Waals surface area contributed by atoms with Crippen molar-refractivity contribution in [1.82, 2.24) is 5.32 Å². The zero-order valence-corrected chi connectivity index (χ0v) is 19.9. The monoisotopic (exact) mass is 438 g/mol. The largest absolute Gasteiger partial charge is 0.344 e. The van der Waals surface area contributed by atoms with Crippen LogP contribution >= 0.6 is 23.2 Å². The SMILES string of the molecule is C#C.CC.CC(C)=C/C=C(\C)CC(C)(NC=O)C(=O)N(C)c1cc(Cl)cc(Cl)c1. The minimum Gasteiger partial charge on any atom is -0.344 e. The van der Waals surface area contributed by atoms with Gasteiger partial charge in [-0.2, -0.15) is 0 Å². The molecule has 0 heterocycles. The molecule has 1 unspecified atom stereocenters. The lowest BCUT2D eigenvalue weighted by molar-refractivity contribution is -0.127. The molecule has 0 aliphatic rings. The Balaban J connectivity index is 0. The number of rotatable bonds is 7. The topological polar surface area (TPSA) is 49.4 Å². The Kier molecular flexibility index (Phi) is 14.7. The van der Waals surface area contributed by atoms with E-state index in [1.807, 2.05) is 46.8 Å². The number of halogens is 2. The normalized spacial score (nSPS) is 12.0. The van der Waals surface area contributed by atoms with E-state index in [1.165, 1.54) is 4.90 Å². The van der Waals surface area contributed by atoms with Gasteiger partial charge < -0.3 is 10.2 Å². The molecule has 0 aliphatic heterocycles. The second kappa shape index (κ2) is 14.7. The highest BCUT2D eigenvalue weighted by Gasteiger charge is 2.36. The van der Waals surface area contributed by atoms with Gasteiger partial charge in [0.15, 0.2) is 0 Å². The highest BCUT2D eigenvalue weighted by molar-refractivity contribution is 6.35. The molecule has 160 valence electrons. The maximum absolute atomic E-state index is 13.0. The Labute approximate surface area is 186 Å². The number of hydrogen-bond donors (Lipinski definition) is 1. The van der Waals surface area contributed by atoms with Gasteiger partial charge in [-0.25, -0.2) is 0 Å². The molecule has 1 rings (SSSR count). The fourth-order valence-electron chi connectivity index (χ4n) is 2.46. The summed E-state index contributed by atoms with van der Waals surface area (Å²) in [4.78, 5) is 25.6. The molecule has 0 aliphatic carbocycles. The summed E-state index contributed by atoms with van der Waals surface area (Å²) >= 11 is 12.0. The van der Waals surface area contributed by atoms with Gasteiger partial charge in [-0.1, -0.05) is 60.3 Å². The van der Waals surface area contributed by atoms with E-state index in [0.717, 1.165) is 11.1 Å². The van der Waals surface area contributed by atoms with Crippen molar-refractivity contribution in [1.29, 1.82) is 0 Å². The van der Waals surface area contributed by atoms with E-state index in [0.29, 0.717) is 28.6 Å². The van der Waals surface area contributed by atoms with E-state index in [-0.39, 0.29) is 5.91 Å². The van der Waals surface area contributed by atoms with Crippen molar-refractivity contribution in [2.45, 2.75) is 53.5 Å². The molecule has 1 aromatic rings. The number of carbonyl (C=O) groups is 2. The van der Waals surface area contributed by atoms with Gasteiger partial charge in [-0.15, -0.1) is 12.8 Å². The molecule has 0 radical (unpaired) electrons. The Morgan fingerprint density at radius 2 is 1.59 bits per heavy atom. The summed E-state index contributed by atoms with van der Waals surface area (Å²) in [5, 5.41) is 3.53. The van der Waals surface area contributed by atoms with Crippen molar-refractivity contribution < 1.29 is 9.59 Å². The molecule has 0 bridgehead atoms. The fourth-order valence-corrected chi connectivity index (χ4v) is 2.98. The molecular weight excluding hydrogens is 407 g/mol. The Bertz CT molecular complexity index is 730. The van der Waals surface area contributed by atoms with Gasteiger partial charge in [0.2, 0.25) is 6.41 Å². The summed E-state index contributed by atoms with van der Waals surface area (Å²) in [6, 6.07) is 4.90. The van der Waals surface area contributed by atoms with Gasteiger partial charge in [-0.3, -0.25) is 9.59 Å². The van der Waals surface area contributed by atoms with Gasteiger partial charge in [0.25, 0.3) is 5.91 Å². The number of carbonyl (C=O) groups excluding carboxylic acids is 2. The van der Waals surface area contributed by atoms with E-state index in [9.17, 15) is 9.59 Å². The predicted molar refractivity (Wildman–Crippen MR) is 127 cm³/mol. The summed E-state index contributed by atoms with van der Waals surface area (Å²) in [5.74, 6) is -0.261. The first-order chi connectivity index (χ1) is 13.6. The number of hydrogen-bond acceptors (Lipinski definition) is 2. The lowest BCUT2D eigenvalue weighted by Gasteiger charge is -2.32. The molecule has 29 heavy (non-hydrogen) atoms. The maximum atomic E-state index is 13.0. The number of terminal acetylenes is 1. The van der Waals surface area contributed by atoms with Crippen LogP contribution in [0, 0.1) is 12.8 Å². The molecule has 6 heteroatoms. The highest BCUT2D eigenvalue weighted by Crippen LogP contribution is 2.27. The minimum atomic E-state index is -1.08. The second-order valence-corrected chi connectivity index (χ2v) is 7.39. The van der Waals surface area contributed by atoms with Crippen LogP contribution in [0.5, 0.6) is 0 Å². The molecule has 1 N–H and O–H groups in total. The van der Waals surface area contributed by atoms with E-state index < -0.39 is 5.54 Å². The van der Waals surface area contributed by atoms with Crippen LogP contribution in [0.25, 0.3) is 0 Å². The van der Waals surface area contributed by atoms with Gasteiger partial charge in [-0.05, 0) is 45.9 Å². The van der Waals surface area contributed by atoms with Crippen molar-refractivity contribution in [3.05, 3.63) is 51.5 Å². The van der Waals surface area contributed by atoms with Crippen molar-refractivity contribution in [3.63, 3.8) is 0 Å². The molecule has 0 saturated heterocycles. The number of benzene rings is 1. The average Bonchev–Trinajstić information content (AvgIpc) is 2.67. The maximum Gasteiger partial charge on any atom is 0.252 e. The first-order valence-corrected chi connectivity index (χ1v) is 9.94. The number of nitrogens with zero attached hydrogens (tertiary/aromatic N) is 1. The van der Waals surface area contributed by atoms with Gasteiger partial charge in [0.05, 0.1) is 0 Å². The van der Waals surface area contributed by atoms with Crippen LogP contribution in [-0.2, 0) is 9.59 Å². The van der Waals surface area contributed by atoms with Crippen molar-refractivity contribution in [3.8, 4) is 12.8 Å². The van der Waals surface area contributed by atoms with Crippen LogP contribution < -0.4 is 10.2 Å². The second-order valence-electron chi connectivity index (χ2n) is 6.52. The lowest BCUT2D eigenvalue weighted by Crippen LogP contribution is -2.55. The third-order valence-corrected chi connectivity index (χ3v) is 4.16. The van der Waals surface area contributed by atoms with Crippen LogP contribution in [0.15, 0.2) is 41.5 Å². The molecular formula is C23H32Cl2N2O2. The highest BCUT2D eigenvalue weighted by atomic mass is 35.5. The van der Waals surface area contributed by atoms with Crippen molar-refractivity contribution >= 4 is 41.2 Å². The van der Waals surface area contributed by atoms with Crippen LogP contribution in [0.4, 0.5) is 5.69 Å². The predicted octanol–water partition coefficient (Wildman–Crippen LogP) is 6.04. The van der Waals surface area contributed by atoms with E-state index in [1.54, 1.807) is 32.2 Å². The molecule has 2 amide bonds. The first kappa shape index (κ1) is 29.0. The number of allylic oxidation sites excluding steroid dienone is 3. The van der Waals surface area contributed by atoms with Crippen molar-refractivity contribution in [2.75, 3.05) is 11.9 Å². The van der Waals surface area contributed by atoms with Crippen molar-refractivity contribution in [2.24, 2.45) is 0 Å². The zero-order chi connectivity index (χ0) is 23.2. The average molecular weight is 439 g/mol. The first-order valence-electron chi connectivity index (χ1n) is 9.18. The lowest BCUT2D eigenvalue weighted by atomic mass is 9.91. The summed E-state index contributed by atoms with van der Waals surface area (Å²) in [5.41, 5.74) is 1.61. The fraction of sp³-hybridized carbons (Fsp3) is 0.391. The van der Waals surface area contributed by atoms with Gasteiger partial charge in [0, 0.05) is 29.2 Å². The zero-order valence-electron chi connectivity index (χ0n) is 18.3. The van der Waals surface area contributed by atoms with E-state index >= 15 is 0 Å².